The maximum atomic E-state index is 5.19. The lowest BCUT2D eigenvalue weighted by molar-refractivity contribution is 1.58. The fourth-order valence-electron chi connectivity index (χ4n) is 0.268. The third kappa shape index (κ3) is 8.02. The van der Waals surface area contributed by atoms with Crippen LogP contribution in [0, 0.1) is 0 Å². The van der Waals surface area contributed by atoms with Gasteiger partial charge in [-0.1, -0.05) is 0 Å². The molecule has 0 nitrogen and oxygen atoms in total. The highest BCUT2D eigenvalue weighted by Gasteiger charge is 2.11. The first kappa shape index (κ1) is 11.9. The molecule has 0 spiro atoms. The van der Waals surface area contributed by atoms with Crippen LogP contribution in [0.2, 0.25) is 0 Å². The summed E-state index contributed by atoms with van der Waals surface area (Å²) in [5, 5.41) is -0.273. The average molecular weight is 249 g/mol. The molecule has 0 unspecified atom stereocenters. The largest absolute Gasteiger partial charge is 0.317 e. The zero-order valence-corrected chi connectivity index (χ0v) is 10.5. The SMILES string of the molecule is S=[P+](SCCS)SCCS. The van der Waals surface area contributed by atoms with E-state index in [1.807, 2.05) is 22.8 Å². The van der Waals surface area contributed by atoms with E-state index in [9.17, 15) is 0 Å². The van der Waals surface area contributed by atoms with Gasteiger partial charge in [0.25, 0.3) is 0 Å². The first-order chi connectivity index (χ1) is 4.81. The molecule has 0 bridgehead atoms. The third-order valence-corrected chi connectivity index (χ3v) is 8.98. The second-order valence-electron chi connectivity index (χ2n) is 1.34. The summed E-state index contributed by atoms with van der Waals surface area (Å²) in [4.78, 5) is 0. The zero-order chi connectivity index (χ0) is 7.82. The van der Waals surface area contributed by atoms with Crippen LogP contribution in [0.3, 0.4) is 0 Å². The highest BCUT2D eigenvalue weighted by molar-refractivity contribution is 8.94. The van der Waals surface area contributed by atoms with Crippen molar-refractivity contribution in [3.05, 3.63) is 0 Å². The Kier molecular flexibility index (Phi) is 10.7. The van der Waals surface area contributed by atoms with Crippen LogP contribution in [0.25, 0.3) is 0 Å². The molecule has 0 atom stereocenters. The summed E-state index contributed by atoms with van der Waals surface area (Å²) >= 11 is 17.1. The van der Waals surface area contributed by atoms with Crippen molar-refractivity contribution in [1.29, 1.82) is 0 Å². The Morgan fingerprint density at radius 1 is 1.10 bits per heavy atom. The molecule has 6 heteroatoms. The number of thiol groups is 2. The second-order valence-corrected chi connectivity index (χ2v) is 10.9. The van der Waals surface area contributed by atoms with E-state index < -0.39 is 0 Å². The van der Waals surface area contributed by atoms with Gasteiger partial charge in [0.15, 0.2) is 11.8 Å². The Hall–Kier alpha value is 1.92. The molecule has 0 aromatic carbocycles. The van der Waals surface area contributed by atoms with Gasteiger partial charge >= 0.3 is 5.10 Å². The molecule has 0 saturated heterocycles. The highest BCUT2D eigenvalue weighted by Crippen LogP contribution is 2.50. The molecule has 0 aromatic heterocycles. The van der Waals surface area contributed by atoms with Crippen molar-refractivity contribution in [3.63, 3.8) is 0 Å². The molecule has 0 amide bonds. The predicted octanol–water partition coefficient (Wildman–Crippen LogP) is 3.09. The van der Waals surface area contributed by atoms with E-state index >= 15 is 0 Å². The molecular weight excluding hydrogens is 239 g/mol. The summed E-state index contributed by atoms with van der Waals surface area (Å²) in [5.41, 5.74) is 0. The fraction of sp³-hybridized carbons (Fsp3) is 1.00. The summed E-state index contributed by atoms with van der Waals surface area (Å²) < 4.78 is 0. The molecule has 60 valence electrons. The number of hydrogen-bond acceptors (Lipinski definition) is 5. The molecule has 0 aromatic rings. The van der Waals surface area contributed by atoms with E-state index in [1.54, 1.807) is 0 Å². The van der Waals surface area contributed by atoms with Gasteiger partial charge in [-0.05, 0) is 0 Å². The van der Waals surface area contributed by atoms with Crippen LogP contribution in [0.4, 0.5) is 0 Å². The standard InChI is InChI=1S/C4H9PS5/c6-1-3-9-5(8)10-4-2-7/h1-4H2,(H-,6,7)/p+1. The van der Waals surface area contributed by atoms with Gasteiger partial charge in [-0.2, -0.15) is 25.3 Å². The first-order valence-electron chi connectivity index (χ1n) is 2.76. The predicted molar refractivity (Wildman–Crippen MR) is 66.9 cm³/mol. The van der Waals surface area contributed by atoms with Crippen LogP contribution in [0.1, 0.15) is 0 Å². The fourth-order valence-corrected chi connectivity index (χ4v) is 7.24. The van der Waals surface area contributed by atoms with Crippen molar-refractivity contribution < 1.29 is 0 Å². The van der Waals surface area contributed by atoms with Crippen LogP contribution >= 0.6 is 53.1 Å². The highest BCUT2D eigenvalue weighted by atomic mass is 33.2. The smallest absolute Gasteiger partial charge is 0.178 e. The van der Waals surface area contributed by atoms with Gasteiger partial charge in [0.1, 0.15) is 22.8 Å². The number of hydrogen-bond donors (Lipinski definition) is 2. The van der Waals surface area contributed by atoms with Gasteiger partial charge in [0, 0.05) is 23.0 Å². The monoisotopic (exact) mass is 249 g/mol. The van der Waals surface area contributed by atoms with E-state index in [2.05, 4.69) is 25.3 Å². The Bertz CT molecular complexity index is 85.6. The van der Waals surface area contributed by atoms with Crippen molar-refractivity contribution in [1.82, 2.24) is 0 Å². The molecule has 0 aliphatic rings. The van der Waals surface area contributed by atoms with Gasteiger partial charge in [-0.3, -0.25) is 0 Å². The summed E-state index contributed by atoms with van der Waals surface area (Å²) in [6.45, 7) is 0. The topological polar surface area (TPSA) is 0 Å². The minimum absolute atomic E-state index is 0.273. The van der Waals surface area contributed by atoms with Gasteiger partial charge in [0.2, 0.25) is 0 Å². The van der Waals surface area contributed by atoms with Crippen molar-refractivity contribution in [2.45, 2.75) is 0 Å². The van der Waals surface area contributed by atoms with E-state index in [0.717, 1.165) is 23.0 Å². The average Bonchev–Trinajstić information content (AvgIpc) is 1.97. The summed E-state index contributed by atoms with van der Waals surface area (Å²) in [6, 6.07) is 0. The summed E-state index contributed by atoms with van der Waals surface area (Å²) in [7, 11) is 0. The maximum absolute atomic E-state index is 5.19. The van der Waals surface area contributed by atoms with Crippen LogP contribution in [0.5, 0.6) is 0 Å². The Morgan fingerprint density at radius 3 is 1.80 bits per heavy atom. The molecule has 0 fully saturated rings. The van der Waals surface area contributed by atoms with Crippen molar-refractivity contribution in [2.75, 3.05) is 23.0 Å². The van der Waals surface area contributed by atoms with Gasteiger partial charge in [0.05, 0.1) is 0 Å². The maximum Gasteiger partial charge on any atom is 0.317 e. The molecule has 10 heavy (non-hydrogen) atoms. The first-order valence-corrected chi connectivity index (χ1v) is 9.56. The normalized spacial score (nSPS) is 9.80. The molecule has 0 heterocycles. The Morgan fingerprint density at radius 2 is 1.50 bits per heavy atom. The molecule has 0 saturated carbocycles. The van der Waals surface area contributed by atoms with E-state index in [1.165, 1.54) is 0 Å². The van der Waals surface area contributed by atoms with Crippen LogP contribution < -0.4 is 0 Å². The minimum atomic E-state index is -0.273. The van der Waals surface area contributed by atoms with Crippen LogP contribution in [-0.4, -0.2) is 23.0 Å². The molecule has 0 aliphatic carbocycles. The van der Waals surface area contributed by atoms with Gasteiger partial charge in [-0.15, -0.1) is 0 Å². The Balaban J connectivity index is 3.09. The molecule has 0 N–H and O–H groups in total. The van der Waals surface area contributed by atoms with E-state index in [0.29, 0.717) is 0 Å². The Labute approximate surface area is 87.4 Å². The van der Waals surface area contributed by atoms with E-state index in [4.69, 9.17) is 11.8 Å². The number of rotatable bonds is 6. The van der Waals surface area contributed by atoms with Crippen LogP contribution in [-0.2, 0) is 11.8 Å². The van der Waals surface area contributed by atoms with Gasteiger partial charge < -0.3 is 0 Å². The lowest BCUT2D eigenvalue weighted by atomic mass is 11.0. The third-order valence-electron chi connectivity index (χ3n) is 0.576. The van der Waals surface area contributed by atoms with Crippen molar-refractivity contribution >= 4 is 64.9 Å². The van der Waals surface area contributed by atoms with E-state index in [-0.39, 0.29) is 5.10 Å². The lowest BCUT2D eigenvalue weighted by Crippen LogP contribution is -1.74. The van der Waals surface area contributed by atoms with Crippen molar-refractivity contribution in [2.24, 2.45) is 0 Å². The van der Waals surface area contributed by atoms with Crippen LogP contribution in [0.15, 0.2) is 0 Å². The molecule has 0 radical (unpaired) electrons. The van der Waals surface area contributed by atoms with Gasteiger partial charge in [-0.25, -0.2) is 0 Å². The summed E-state index contributed by atoms with van der Waals surface area (Å²) in [6.07, 6.45) is 0. The second kappa shape index (κ2) is 9.01. The molecule has 0 aliphatic heterocycles. The zero-order valence-electron chi connectivity index (χ0n) is 5.39. The quantitative estimate of drug-likeness (QED) is 0.549. The summed E-state index contributed by atoms with van der Waals surface area (Å²) in [5.74, 6) is 4.03. The van der Waals surface area contributed by atoms with Crippen molar-refractivity contribution in [3.8, 4) is 0 Å². The molecular formula is C4H10PS5+. The molecule has 0 rings (SSSR count). The minimum Gasteiger partial charge on any atom is -0.178 e. The lowest BCUT2D eigenvalue weighted by Gasteiger charge is -1.85.